The lowest BCUT2D eigenvalue weighted by Crippen LogP contribution is -2.49. The Morgan fingerprint density at radius 1 is 1.14 bits per heavy atom. The van der Waals surface area contributed by atoms with Gasteiger partial charge in [0.15, 0.2) is 5.78 Å². The Kier molecular flexibility index (Phi) is 10.6. The zero-order valence-corrected chi connectivity index (χ0v) is 31.9. The number of hydrogen-bond donors (Lipinski definition) is 1. The molecule has 1 N–H and O–H groups in total. The molecule has 51 heavy (non-hydrogen) atoms. The Bertz CT molecular complexity index is 1850. The molecule has 278 valence electrons. The number of amides is 2. The molecule has 14 heteroatoms. The third-order valence-electron chi connectivity index (χ3n) is 9.88. The summed E-state index contributed by atoms with van der Waals surface area (Å²) in [5.41, 5.74) is -2.77. The number of sulfonamides is 1. The van der Waals surface area contributed by atoms with E-state index in [1.807, 2.05) is 20.8 Å². The topological polar surface area (TPSA) is 158 Å². The van der Waals surface area contributed by atoms with Gasteiger partial charge in [-0.2, -0.15) is 0 Å². The quantitative estimate of drug-likeness (QED) is 0.208. The van der Waals surface area contributed by atoms with Crippen molar-refractivity contribution in [2.75, 3.05) is 13.7 Å². The summed E-state index contributed by atoms with van der Waals surface area (Å²) in [4.78, 5) is 61.4. The number of ketones is 1. The summed E-state index contributed by atoms with van der Waals surface area (Å²) < 4.78 is 45.1. The smallest absolute Gasteiger partial charge is 0.307 e. The van der Waals surface area contributed by atoms with E-state index < -0.39 is 79.3 Å². The summed E-state index contributed by atoms with van der Waals surface area (Å²) in [6.07, 6.45) is 3.12. The molecule has 2 saturated carbocycles. The summed E-state index contributed by atoms with van der Waals surface area (Å²) in [5.74, 6) is -2.66. The number of nitrogens with one attached hydrogen (secondary N) is 1. The average molecular weight is 746 g/mol. The number of pyridine rings is 1. The molecule has 0 bridgehead atoms. The summed E-state index contributed by atoms with van der Waals surface area (Å²) in [5, 5.41) is 1.11. The third kappa shape index (κ3) is 8.51. The first-order valence-electron chi connectivity index (χ1n) is 17.2. The minimum atomic E-state index is -3.86. The number of ether oxygens (including phenoxy) is 3. The van der Waals surface area contributed by atoms with Gasteiger partial charge in [0, 0.05) is 28.6 Å². The number of likely N-dealkylation sites (tertiary alicyclic amines) is 1. The fourth-order valence-electron chi connectivity index (χ4n) is 6.83. The molecule has 2 aliphatic carbocycles. The third-order valence-corrected chi connectivity index (χ3v) is 11.9. The molecule has 0 spiro atoms. The molecule has 1 unspecified atom stereocenters. The molecular formula is C37H48ClN3O9S. The average Bonchev–Trinajstić information content (AvgIpc) is 3.95. The minimum absolute atomic E-state index is 0.00789. The van der Waals surface area contributed by atoms with E-state index >= 15 is 0 Å². The van der Waals surface area contributed by atoms with Crippen LogP contribution in [0.3, 0.4) is 0 Å². The van der Waals surface area contributed by atoms with Gasteiger partial charge in [-0.3, -0.25) is 23.9 Å². The maximum absolute atomic E-state index is 14.5. The van der Waals surface area contributed by atoms with Gasteiger partial charge in [-0.1, -0.05) is 38.4 Å². The van der Waals surface area contributed by atoms with E-state index in [1.165, 1.54) is 18.2 Å². The van der Waals surface area contributed by atoms with Crippen molar-refractivity contribution in [1.82, 2.24) is 14.6 Å². The van der Waals surface area contributed by atoms with Gasteiger partial charge in [0.25, 0.3) is 0 Å². The first kappa shape index (κ1) is 38.5. The number of Topliss-reactive ketones (excluding diaryl/α,β-unsaturated/α-hetero) is 1. The summed E-state index contributed by atoms with van der Waals surface area (Å²) >= 11 is 6.33. The SMILES string of the molecule is C=C[C@@H]1C[C@]1(CC(=O)[C@@H]1CC(Oc2ncc(OC)c3ccc(Cl)cc23)CN1C(=O)[C@@H](CC(=O)OC(C)(C)C)C(C)(C)C)C(=O)NS(=O)(=O)C1CC1. The van der Waals surface area contributed by atoms with E-state index in [9.17, 15) is 27.6 Å². The lowest BCUT2D eigenvalue weighted by molar-refractivity contribution is -0.161. The van der Waals surface area contributed by atoms with Crippen LogP contribution in [0, 0.1) is 22.7 Å². The van der Waals surface area contributed by atoms with Crippen molar-refractivity contribution in [2.24, 2.45) is 22.7 Å². The Morgan fingerprint density at radius 3 is 2.39 bits per heavy atom. The van der Waals surface area contributed by atoms with Gasteiger partial charge in [0.2, 0.25) is 27.7 Å². The minimum Gasteiger partial charge on any atom is -0.494 e. The molecule has 12 nitrogen and oxygen atoms in total. The number of hydrogen-bond acceptors (Lipinski definition) is 10. The van der Waals surface area contributed by atoms with E-state index in [0.717, 1.165) is 0 Å². The highest BCUT2D eigenvalue weighted by Gasteiger charge is 2.61. The van der Waals surface area contributed by atoms with E-state index in [4.69, 9.17) is 25.8 Å². The molecule has 2 heterocycles. The van der Waals surface area contributed by atoms with Crippen LogP contribution in [0.4, 0.5) is 0 Å². The maximum Gasteiger partial charge on any atom is 0.307 e. The molecule has 1 aliphatic heterocycles. The van der Waals surface area contributed by atoms with Gasteiger partial charge >= 0.3 is 5.97 Å². The molecule has 1 aromatic heterocycles. The molecule has 5 rings (SSSR count). The van der Waals surface area contributed by atoms with Crippen LogP contribution in [0.5, 0.6) is 11.6 Å². The molecule has 2 aromatic rings. The Morgan fingerprint density at radius 2 is 1.82 bits per heavy atom. The van der Waals surface area contributed by atoms with Crippen LogP contribution in [0.15, 0.2) is 37.1 Å². The van der Waals surface area contributed by atoms with Crippen molar-refractivity contribution in [1.29, 1.82) is 0 Å². The molecule has 5 atom stereocenters. The highest BCUT2D eigenvalue weighted by atomic mass is 35.5. The number of carbonyl (C=O) groups excluding carboxylic acids is 4. The summed E-state index contributed by atoms with van der Waals surface area (Å²) in [6, 6.07) is 4.16. The predicted molar refractivity (Wildman–Crippen MR) is 192 cm³/mol. The van der Waals surface area contributed by atoms with Crippen molar-refractivity contribution in [3.05, 3.63) is 42.1 Å². The number of rotatable bonds is 13. The second-order valence-electron chi connectivity index (χ2n) is 16.0. The van der Waals surface area contributed by atoms with Crippen molar-refractivity contribution < 1.29 is 41.8 Å². The van der Waals surface area contributed by atoms with Gasteiger partial charge < -0.3 is 19.1 Å². The van der Waals surface area contributed by atoms with E-state index in [-0.39, 0.29) is 38.1 Å². The predicted octanol–water partition coefficient (Wildman–Crippen LogP) is 5.40. The molecule has 2 amide bonds. The molecule has 0 radical (unpaired) electrons. The molecule has 3 fully saturated rings. The number of esters is 1. The molecule has 3 aliphatic rings. The largest absolute Gasteiger partial charge is 0.494 e. The Labute approximate surface area is 304 Å². The zero-order chi connectivity index (χ0) is 37.7. The number of halogens is 1. The normalized spacial score (nSPS) is 24.1. The lowest BCUT2D eigenvalue weighted by atomic mass is 9.77. The fourth-order valence-corrected chi connectivity index (χ4v) is 8.39. The summed E-state index contributed by atoms with van der Waals surface area (Å²) in [7, 11) is -2.34. The van der Waals surface area contributed by atoms with E-state index in [2.05, 4.69) is 16.3 Å². The van der Waals surface area contributed by atoms with Crippen LogP contribution in [0.1, 0.15) is 80.1 Å². The lowest BCUT2D eigenvalue weighted by Gasteiger charge is -2.35. The van der Waals surface area contributed by atoms with Gasteiger partial charge in [0.05, 0.1) is 48.9 Å². The molecular weight excluding hydrogens is 698 g/mol. The van der Waals surface area contributed by atoms with Crippen LogP contribution in [-0.2, 0) is 33.9 Å². The number of aromatic nitrogens is 1. The van der Waals surface area contributed by atoms with Gasteiger partial charge in [0.1, 0.15) is 17.5 Å². The Hall–Kier alpha value is -3.71. The molecule has 1 aromatic carbocycles. The van der Waals surface area contributed by atoms with Crippen LogP contribution in [-0.4, -0.2) is 78.5 Å². The van der Waals surface area contributed by atoms with Crippen molar-refractivity contribution in [3.8, 4) is 11.6 Å². The highest BCUT2D eigenvalue weighted by molar-refractivity contribution is 7.90. The van der Waals surface area contributed by atoms with Gasteiger partial charge in [-0.15, -0.1) is 6.58 Å². The van der Waals surface area contributed by atoms with E-state index in [0.29, 0.717) is 34.4 Å². The van der Waals surface area contributed by atoms with Gasteiger partial charge in [-0.05, 0) is 69.6 Å². The second kappa shape index (κ2) is 14.0. The second-order valence-corrected chi connectivity index (χ2v) is 18.4. The summed E-state index contributed by atoms with van der Waals surface area (Å²) in [6.45, 7) is 14.6. The zero-order valence-electron chi connectivity index (χ0n) is 30.3. The van der Waals surface area contributed by atoms with Crippen LogP contribution in [0.2, 0.25) is 5.02 Å². The van der Waals surface area contributed by atoms with Crippen LogP contribution < -0.4 is 14.2 Å². The van der Waals surface area contributed by atoms with Gasteiger partial charge in [-0.25, -0.2) is 13.4 Å². The van der Waals surface area contributed by atoms with Crippen LogP contribution >= 0.6 is 11.6 Å². The maximum atomic E-state index is 14.5. The van der Waals surface area contributed by atoms with Crippen LogP contribution in [0.25, 0.3) is 10.8 Å². The monoisotopic (exact) mass is 745 g/mol. The number of carbonyl (C=O) groups is 4. The van der Waals surface area contributed by atoms with Crippen molar-refractivity contribution in [3.63, 3.8) is 0 Å². The highest BCUT2D eigenvalue weighted by Crippen LogP contribution is 2.57. The fraction of sp³-hybridized carbons (Fsp3) is 0.595. The number of allylic oxidation sites excluding steroid dienone is 1. The first-order valence-corrected chi connectivity index (χ1v) is 19.1. The Balaban J connectivity index is 1.46. The number of methoxy groups -OCH3 is 1. The van der Waals surface area contributed by atoms with Crippen molar-refractivity contribution >= 4 is 56.0 Å². The number of fused-ring (bicyclic) bond motifs is 1. The number of nitrogens with zero attached hydrogens (tertiary/aromatic N) is 2. The molecule has 1 saturated heterocycles. The van der Waals surface area contributed by atoms with E-state index in [1.54, 1.807) is 45.0 Å². The first-order chi connectivity index (χ1) is 23.7. The standard InChI is InChI=1S/C37H48ClN3O9S/c1-9-21-17-37(21,34(45)40-51(46,47)24-11-12-24)18-29(42)28-15-23(49-32-26-14-22(38)10-13-25(26)30(48-8)19-39-32)20-41(28)33(44)27(35(2,3)4)16-31(43)50-36(5,6)7/h9-10,13-14,19,21,23-24,27-28H,1,11-12,15-18,20H2,2-8H3,(H,40,45)/t21-,23?,27-,28+,37-/m1/s1. The van der Waals surface area contributed by atoms with Crippen molar-refractivity contribution in [2.45, 2.75) is 103 Å². The number of benzene rings is 1.